The molecule has 2 saturated heterocycles. The minimum atomic E-state index is -0.436. The number of anilines is 1. The molecule has 2 heterocycles. The Balaban J connectivity index is 0.00000176. The van der Waals surface area contributed by atoms with Crippen molar-refractivity contribution in [2.75, 3.05) is 24.5 Å². The van der Waals surface area contributed by atoms with Gasteiger partial charge in [0.05, 0.1) is 16.6 Å². The van der Waals surface area contributed by atoms with Crippen LogP contribution in [0, 0.1) is 5.92 Å². The number of carbonyl (C=O) groups excluding carboxylic acids is 2. The predicted octanol–water partition coefficient (Wildman–Crippen LogP) is 1.59. The third-order valence-electron chi connectivity index (χ3n) is 4.10. The third-order valence-corrected chi connectivity index (χ3v) is 4.42. The van der Waals surface area contributed by atoms with Crippen molar-refractivity contribution in [2.45, 2.75) is 18.9 Å². The molecular weight excluding hydrogens is 325 g/mol. The van der Waals surface area contributed by atoms with Gasteiger partial charge < -0.3 is 15.5 Å². The monoisotopic (exact) mass is 343 g/mol. The van der Waals surface area contributed by atoms with Gasteiger partial charge in [-0.25, -0.2) is 0 Å². The normalized spacial score (nSPS) is 24.2. The number of hydrogen-bond donors (Lipinski definition) is 2. The Kier molecular flexibility index (Phi) is 5.67. The zero-order chi connectivity index (χ0) is 14.8. The molecular formula is C15H19Cl2N3O2. The molecule has 0 radical (unpaired) electrons. The van der Waals surface area contributed by atoms with Crippen molar-refractivity contribution in [2.24, 2.45) is 5.92 Å². The molecule has 3 rings (SSSR count). The highest BCUT2D eigenvalue weighted by molar-refractivity contribution is 6.34. The second kappa shape index (κ2) is 7.31. The summed E-state index contributed by atoms with van der Waals surface area (Å²) in [5.74, 6) is -0.131. The first-order valence-corrected chi connectivity index (χ1v) is 7.61. The number of benzene rings is 1. The fraction of sp³-hybridized carbons (Fsp3) is 0.467. The van der Waals surface area contributed by atoms with Gasteiger partial charge in [-0.1, -0.05) is 23.7 Å². The van der Waals surface area contributed by atoms with Crippen LogP contribution in [0.25, 0.3) is 0 Å². The predicted molar refractivity (Wildman–Crippen MR) is 88.6 cm³/mol. The quantitative estimate of drug-likeness (QED) is 0.876. The molecule has 2 aliphatic heterocycles. The molecule has 2 amide bonds. The van der Waals surface area contributed by atoms with E-state index in [1.807, 2.05) is 18.2 Å². The fourth-order valence-electron chi connectivity index (χ4n) is 2.89. The second-order valence-corrected chi connectivity index (χ2v) is 5.89. The molecule has 0 aromatic heterocycles. The molecule has 0 bridgehead atoms. The first-order valence-electron chi connectivity index (χ1n) is 7.24. The molecule has 2 aliphatic rings. The van der Waals surface area contributed by atoms with Crippen molar-refractivity contribution < 1.29 is 9.59 Å². The average molecular weight is 344 g/mol. The Hall–Kier alpha value is -1.30. The van der Waals surface area contributed by atoms with Crippen LogP contribution in [0.5, 0.6) is 0 Å². The summed E-state index contributed by atoms with van der Waals surface area (Å²) < 4.78 is 0. The van der Waals surface area contributed by atoms with E-state index in [2.05, 4.69) is 10.6 Å². The molecule has 2 fully saturated rings. The van der Waals surface area contributed by atoms with Crippen LogP contribution in [0.15, 0.2) is 24.3 Å². The van der Waals surface area contributed by atoms with Gasteiger partial charge in [0.2, 0.25) is 11.8 Å². The minimum absolute atomic E-state index is 0. The van der Waals surface area contributed by atoms with E-state index in [4.69, 9.17) is 11.6 Å². The van der Waals surface area contributed by atoms with Gasteiger partial charge in [-0.2, -0.15) is 0 Å². The van der Waals surface area contributed by atoms with Crippen LogP contribution in [-0.4, -0.2) is 37.5 Å². The highest BCUT2D eigenvalue weighted by atomic mass is 35.5. The summed E-state index contributed by atoms with van der Waals surface area (Å²) in [5, 5.41) is 6.59. The topological polar surface area (TPSA) is 61.4 Å². The van der Waals surface area contributed by atoms with Gasteiger partial charge in [-0.15, -0.1) is 12.4 Å². The number of halogens is 2. The molecule has 2 atom stereocenters. The van der Waals surface area contributed by atoms with Crippen LogP contribution < -0.4 is 15.5 Å². The Labute approximate surface area is 140 Å². The van der Waals surface area contributed by atoms with Crippen LogP contribution in [0.3, 0.4) is 0 Å². The maximum absolute atomic E-state index is 12.4. The molecule has 0 aliphatic carbocycles. The molecule has 0 saturated carbocycles. The van der Waals surface area contributed by atoms with Crippen molar-refractivity contribution in [1.29, 1.82) is 0 Å². The lowest BCUT2D eigenvalue weighted by Crippen LogP contribution is -2.44. The molecule has 7 heteroatoms. The maximum Gasteiger partial charge on any atom is 0.249 e. The smallest absolute Gasteiger partial charge is 0.249 e. The van der Waals surface area contributed by atoms with Gasteiger partial charge in [-0.05, 0) is 31.5 Å². The Morgan fingerprint density at radius 3 is 2.77 bits per heavy atom. The van der Waals surface area contributed by atoms with Crippen LogP contribution >= 0.6 is 24.0 Å². The van der Waals surface area contributed by atoms with Crippen LogP contribution in [0.2, 0.25) is 5.02 Å². The van der Waals surface area contributed by atoms with Crippen LogP contribution in [0.4, 0.5) is 5.69 Å². The van der Waals surface area contributed by atoms with Crippen molar-refractivity contribution in [3.8, 4) is 0 Å². The fourth-order valence-corrected chi connectivity index (χ4v) is 3.13. The molecule has 2 unspecified atom stereocenters. The lowest BCUT2D eigenvalue weighted by molar-refractivity contribution is -0.128. The largest absolute Gasteiger partial charge is 0.344 e. The van der Waals surface area contributed by atoms with E-state index in [0.29, 0.717) is 30.2 Å². The SMILES string of the molecule is Cl.O=C(NC1CCN(c2ccccc2Cl)C1=O)C1CCNC1. The highest BCUT2D eigenvalue weighted by Gasteiger charge is 2.35. The van der Waals surface area contributed by atoms with Gasteiger partial charge in [0, 0.05) is 13.1 Å². The molecule has 0 spiro atoms. The van der Waals surface area contributed by atoms with Gasteiger partial charge in [0.15, 0.2) is 0 Å². The molecule has 1 aromatic carbocycles. The number of nitrogens with one attached hydrogen (secondary N) is 2. The molecule has 5 nitrogen and oxygen atoms in total. The van der Waals surface area contributed by atoms with Crippen molar-refractivity contribution in [3.05, 3.63) is 29.3 Å². The van der Waals surface area contributed by atoms with Crippen molar-refractivity contribution in [1.82, 2.24) is 10.6 Å². The van der Waals surface area contributed by atoms with E-state index in [-0.39, 0.29) is 30.1 Å². The Bertz CT molecular complexity index is 561. The van der Waals surface area contributed by atoms with E-state index in [0.717, 1.165) is 13.0 Å². The van der Waals surface area contributed by atoms with E-state index in [9.17, 15) is 9.59 Å². The highest BCUT2D eigenvalue weighted by Crippen LogP contribution is 2.29. The minimum Gasteiger partial charge on any atom is -0.344 e. The van der Waals surface area contributed by atoms with Gasteiger partial charge in [-0.3, -0.25) is 9.59 Å². The molecule has 22 heavy (non-hydrogen) atoms. The first kappa shape index (κ1) is 17.1. The Morgan fingerprint density at radius 2 is 2.09 bits per heavy atom. The lowest BCUT2D eigenvalue weighted by Gasteiger charge is -2.19. The van der Waals surface area contributed by atoms with E-state index in [1.54, 1.807) is 11.0 Å². The number of amides is 2. The summed E-state index contributed by atoms with van der Waals surface area (Å²) >= 11 is 6.14. The zero-order valence-electron chi connectivity index (χ0n) is 12.0. The van der Waals surface area contributed by atoms with Crippen LogP contribution in [-0.2, 0) is 9.59 Å². The molecule has 1 aromatic rings. The standard InChI is InChI=1S/C15H18ClN3O2.ClH/c16-11-3-1-2-4-13(11)19-8-6-12(15(19)21)18-14(20)10-5-7-17-9-10;/h1-4,10,12,17H,5-9H2,(H,18,20);1H. The number of carbonyl (C=O) groups is 2. The van der Waals surface area contributed by atoms with Gasteiger partial charge >= 0.3 is 0 Å². The second-order valence-electron chi connectivity index (χ2n) is 5.48. The third kappa shape index (κ3) is 3.37. The molecule has 120 valence electrons. The average Bonchev–Trinajstić information content (AvgIpc) is 3.11. The lowest BCUT2D eigenvalue weighted by atomic mass is 10.1. The number of nitrogens with zero attached hydrogens (tertiary/aromatic N) is 1. The van der Waals surface area contributed by atoms with E-state index in [1.165, 1.54) is 0 Å². The summed E-state index contributed by atoms with van der Waals surface area (Å²) in [6, 6.07) is 6.84. The zero-order valence-corrected chi connectivity index (χ0v) is 13.6. The number of rotatable bonds is 3. The van der Waals surface area contributed by atoms with Gasteiger partial charge in [0.25, 0.3) is 0 Å². The van der Waals surface area contributed by atoms with Gasteiger partial charge in [0.1, 0.15) is 6.04 Å². The summed E-state index contributed by atoms with van der Waals surface area (Å²) in [6.45, 7) is 2.14. The van der Waals surface area contributed by atoms with E-state index >= 15 is 0 Å². The number of para-hydroxylation sites is 1. The Morgan fingerprint density at radius 1 is 1.32 bits per heavy atom. The first-order chi connectivity index (χ1) is 10.2. The summed E-state index contributed by atoms with van der Waals surface area (Å²) in [6.07, 6.45) is 1.46. The maximum atomic E-state index is 12.4. The summed E-state index contributed by atoms with van der Waals surface area (Å²) in [7, 11) is 0. The van der Waals surface area contributed by atoms with Crippen LogP contribution in [0.1, 0.15) is 12.8 Å². The summed E-state index contributed by atoms with van der Waals surface area (Å²) in [5.41, 5.74) is 0.712. The summed E-state index contributed by atoms with van der Waals surface area (Å²) in [4.78, 5) is 26.2. The van der Waals surface area contributed by atoms with E-state index < -0.39 is 6.04 Å². The number of hydrogen-bond acceptors (Lipinski definition) is 3. The molecule has 2 N–H and O–H groups in total. The van der Waals surface area contributed by atoms with Crippen molar-refractivity contribution in [3.63, 3.8) is 0 Å². The van der Waals surface area contributed by atoms with Crippen molar-refractivity contribution >= 4 is 41.5 Å².